The molecule has 0 rings (SSSR count). The van der Waals surface area contributed by atoms with Crippen LogP contribution in [0.2, 0.25) is 0 Å². The number of aliphatic hydroxyl groups is 2. The lowest BCUT2D eigenvalue weighted by molar-refractivity contribution is -0.134. The first-order valence-electron chi connectivity index (χ1n) is 4.35. The van der Waals surface area contributed by atoms with Crippen molar-refractivity contribution in [1.82, 2.24) is 0 Å². The van der Waals surface area contributed by atoms with Gasteiger partial charge in [0, 0.05) is 6.92 Å². The summed E-state index contributed by atoms with van der Waals surface area (Å²) >= 11 is 0. The molecule has 0 aromatic heterocycles. The standard InChI is InChI=1S/C6H10O2.C2H4O2.CH4O3S/c1-5(7)3-4-6(2)8;1-2(3)4;1-5(2,3)4/h5-8H,1-2H3;1H3,(H,3,4);1H3,(H,2,3,4). The van der Waals surface area contributed by atoms with Gasteiger partial charge < -0.3 is 15.3 Å². The van der Waals surface area contributed by atoms with Gasteiger partial charge >= 0.3 is 0 Å². The lowest BCUT2D eigenvalue weighted by Crippen LogP contribution is -1.98. The van der Waals surface area contributed by atoms with E-state index in [9.17, 15) is 8.42 Å². The van der Waals surface area contributed by atoms with Crippen molar-refractivity contribution in [3.63, 3.8) is 0 Å². The normalized spacial score (nSPS) is 12.4. The summed E-state index contributed by atoms with van der Waals surface area (Å²) in [5.74, 6) is 3.97. The third kappa shape index (κ3) is 165. The van der Waals surface area contributed by atoms with E-state index in [0.29, 0.717) is 6.26 Å². The summed E-state index contributed by atoms with van der Waals surface area (Å²) in [6.07, 6.45) is -0.554. The van der Waals surface area contributed by atoms with Crippen molar-refractivity contribution in [2.75, 3.05) is 6.26 Å². The summed E-state index contributed by atoms with van der Waals surface area (Å²) in [6, 6.07) is 0. The lowest BCUT2D eigenvalue weighted by Gasteiger charge is -1.89. The second-order valence-corrected chi connectivity index (χ2v) is 4.36. The Morgan fingerprint density at radius 3 is 1.29 bits per heavy atom. The Hall–Kier alpha value is -1.14. The average molecular weight is 270 g/mol. The van der Waals surface area contributed by atoms with Gasteiger partial charge in [-0.1, -0.05) is 11.8 Å². The van der Waals surface area contributed by atoms with Crippen molar-refractivity contribution in [2.45, 2.75) is 33.0 Å². The monoisotopic (exact) mass is 270 g/mol. The number of hydrogen-bond acceptors (Lipinski definition) is 5. The summed E-state index contributed by atoms with van der Waals surface area (Å²) in [6.45, 7) is 4.19. The fourth-order valence-corrected chi connectivity index (χ4v) is 0.241. The Labute approximate surface area is 101 Å². The molecule has 0 spiro atoms. The van der Waals surface area contributed by atoms with Crippen LogP contribution in [0.1, 0.15) is 20.8 Å². The van der Waals surface area contributed by atoms with Crippen LogP contribution in [0.3, 0.4) is 0 Å². The van der Waals surface area contributed by atoms with Crippen LogP contribution in [-0.4, -0.2) is 52.7 Å². The van der Waals surface area contributed by atoms with Crippen LogP contribution in [0.4, 0.5) is 0 Å². The van der Waals surface area contributed by atoms with E-state index in [1.165, 1.54) is 0 Å². The van der Waals surface area contributed by atoms with Gasteiger partial charge in [0.25, 0.3) is 16.1 Å². The topological polar surface area (TPSA) is 132 Å². The molecule has 0 radical (unpaired) electrons. The molecule has 4 N–H and O–H groups in total. The van der Waals surface area contributed by atoms with Gasteiger partial charge in [-0.15, -0.1) is 0 Å². The van der Waals surface area contributed by atoms with Crippen LogP contribution in [0, 0.1) is 11.8 Å². The van der Waals surface area contributed by atoms with Gasteiger partial charge in [0.2, 0.25) is 0 Å². The van der Waals surface area contributed by atoms with Crippen molar-refractivity contribution in [3.8, 4) is 11.8 Å². The zero-order chi connectivity index (χ0) is 14.6. The minimum atomic E-state index is -3.67. The second kappa shape index (κ2) is 11.3. The van der Waals surface area contributed by atoms with Crippen LogP contribution >= 0.6 is 0 Å². The van der Waals surface area contributed by atoms with Crippen LogP contribution in [0.25, 0.3) is 0 Å². The van der Waals surface area contributed by atoms with Crippen LogP contribution in [0.15, 0.2) is 0 Å². The van der Waals surface area contributed by atoms with Gasteiger partial charge in [-0.25, -0.2) is 0 Å². The van der Waals surface area contributed by atoms with E-state index in [-0.39, 0.29) is 0 Å². The highest BCUT2D eigenvalue weighted by Gasteiger charge is 1.85. The maximum atomic E-state index is 9.19. The molecule has 2 unspecified atom stereocenters. The maximum Gasteiger partial charge on any atom is 0.300 e. The van der Waals surface area contributed by atoms with Crippen molar-refractivity contribution in [3.05, 3.63) is 0 Å². The molecule has 0 aromatic carbocycles. The molecular formula is C9H18O7S. The van der Waals surface area contributed by atoms with Crippen molar-refractivity contribution >= 4 is 16.1 Å². The molecule has 0 fully saturated rings. The third-order valence-electron chi connectivity index (χ3n) is 0.501. The maximum absolute atomic E-state index is 9.19. The summed E-state index contributed by atoms with van der Waals surface area (Å²) in [5, 5.41) is 24.4. The Morgan fingerprint density at radius 2 is 1.24 bits per heavy atom. The summed E-state index contributed by atoms with van der Waals surface area (Å²) in [4.78, 5) is 9.00. The molecule has 17 heavy (non-hydrogen) atoms. The molecule has 0 heterocycles. The molecule has 8 heteroatoms. The summed E-state index contributed by atoms with van der Waals surface area (Å²) < 4.78 is 25.9. The Balaban J connectivity index is -0.000000188. The highest BCUT2D eigenvalue weighted by atomic mass is 32.2. The van der Waals surface area contributed by atoms with Gasteiger partial charge in [0.1, 0.15) is 12.2 Å². The smallest absolute Gasteiger partial charge is 0.300 e. The number of rotatable bonds is 0. The number of hydrogen-bond donors (Lipinski definition) is 4. The predicted octanol–water partition coefficient (Wildman–Crippen LogP) is -0.654. The lowest BCUT2D eigenvalue weighted by atomic mass is 10.3. The second-order valence-electron chi connectivity index (χ2n) is 2.89. The highest BCUT2D eigenvalue weighted by Crippen LogP contribution is 1.76. The van der Waals surface area contributed by atoms with Gasteiger partial charge in [0.15, 0.2) is 0 Å². The third-order valence-corrected chi connectivity index (χ3v) is 0.501. The minimum Gasteiger partial charge on any atom is -0.481 e. The van der Waals surface area contributed by atoms with Crippen LogP contribution in [-0.2, 0) is 14.9 Å². The van der Waals surface area contributed by atoms with Gasteiger partial charge in [-0.05, 0) is 13.8 Å². The van der Waals surface area contributed by atoms with E-state index in [1.54, 1.807) is 13.8 Å². The average Bonchev–Trinajstić information content (AvgIpc) is 1.96. The molecule has 0 saturated carbocycles. The predicted molar refractivity (Wildman–Crippen MR) is 61.9 cm³/mol. The van der Waals surface area contributed by atoms with Gasteiger partial charge in [0.05, 0.1) is 6.26 Å². The first-order chi connectivity index (χ1) is 7.36. The highest BCUT2D eigenvalue weighted by molar-refractivity contribution is 7.85. The molecule has 0 aromatic rings. The molecule has 0 aliphatic carbocycles. The zero-order valence-electron chi connectivity index (χ0n) is 10.1. The van der Waals surface area contributed by atoms with E-state index < -0.39 is 28.3 Å². The molecule has 0 amide bonds. The Bertz CT molecular complexity index is 321. The van der Waals surface area contributed by atoms with Gasteiger partial charge in [-0.2, -0.15) is 8.42 Å². The molecule has 0 aliphatic rings. The molecule has 0 saturated heterocycles. The number of carboxylic acid groups (broad SMARTS) is 1. The van der Waals surface area contributed by atoms with E-state index in [0.717, 1.165) is 6.92 Å². The SMILES string of the molecule is CC(=O)O.CC(O)C#CC(C)O.CS(=O)(=O)O. The Morgan fingerprint density at radius 1 is 1.12 bits per heavy atom. The Kier molecular flexibility index (Phi) is 14.1. The number of aliphatic carboxylic acids is 1. The first-order valence-corrected chi connectivity index (χ1v) is 6.20. The number of carboxylic acids is 1. The first kappa shape index (κ1) is 21.2. The van der Waals surface area contributed by atoms with Crippen LogP contribution in [0.5, 0.6) is 0 Å². The zero-order valence-corrected chi connectivity index (χ0v) is 10.9. The van der Waals surface area contributed by atoms with E-state index in [2.05, 4.69) is 11.8 Å². The summed E-state index contributed by atoms with van der Waals surface area (Å²) in [5.41, 5.74) is 0. The fraction of sp³-hybridized carbons (Fsp3) is 0.667. The number of aliphatic hydroxyl groups excluding tert-OH is 2. The molecule has 102 valence electrons. The largest absolute Gasteiger partial charge is 0.481 e. The molecule has 0 bridgehead atoms. The fourth-order valence-electron chi connectivity index (χ4n) is 0.241. The van der Waals surface area contributed by atoms with Crippen molar-refractivity contribution < 1.29 is 33.1 Å². The van der Waals surface area contributed by atoms with E-state index in [4.69, 9.17) is 24.7 Å². The molecule has 0 aliphatic heterocycles. The van der Waals surface area contributed by atoms with Gasteiger partial charge in [-0.3, -0.25) is 9.35 Å². The van der Waals surface area contributed by atoms with Crippen LogP contribution < -0.4 is 0 Å². The summed E-state index contributed by atoms with van der Waals surface area (Å²) in [7, 11) is -3.67. The number of carbonyl (C=O) groups is 1. The van der Waals surface area contributed by atoms with Crippen molar-refractivity contribution in [1.29, 1.82) is 0 Å². The van der Waals surface area contributed by atoms with E-state index in [1.807, 2.05) is 0 Å². The molecule has 7 nitrogen and oxygen atoms in total. The molecule has 2 atom stereocenters. The van der Waals surface area contributed by atoms with E-state index >= 15 is 0 Å². The molecular weight excluding hydrogens is 252 g/mol. The minimum absolute atomic E-state index is 0.635. The van der Waals surface area contributed by atoms with Crippen molar-refractivity contribution in [2.24, 2.45) is 0 Å². The quantitative estimate of drug-likeness (QED) is 0.339.